The van der Waals surface area contributed by atoms with Crippen LogP contribution in [0.3, 0.4) is 0 Å². The maximum atomic E-state index is 14.1. The molecule has 1 aliphatic heterocycles. The molecule has 3 rings (SSSR count). The van der Waals surface area contributed by atoms with Crippen molar-refractivity contribution in [2.24, 2.45) is 5.73 Å². The Labute approximate surface area is 127 Å². The molecule has 2 heterocycles. The monoisotopic (exact) mass is 305 g/mol. The van der Waals surface area contributed by atoms with E-state index < -0.39 is 11.6 Å². The van der Waals surface area contributed by atoms with Gasteiger partial charge < -0.3 is 15.4 Å². The number of rotatable bonds is 3. The third-order valence-corrected chi connectivity index (χ3v) is 3.72. The summed E-state index contributed by atoms with van der Waals surface area (Å²) in [6.45, 7) is 2.49. The zero-order valence-electron chi connectivity index (χ0n) is 12.1. The molecule has 0 unspecified atom stereocenters. The van der Waals surface area contributed by atoms with E-state index in [2.05, 4.69) is 4.98 Å². The second-order valence-electron chi connectivity index (χ2n) is 5.15. The highest BCUT2D eigenvalue weighted by molar-refractivity contribution is 5.66. The van der Waals surface area contributed by atoms with Crippen molar-refractivity contribution in [3.8, 4) is 11.3 Å². The normalized spacial score (nSPS) is 15.1. The molecule has 4 nitrogen and oxygen atoms in total. The average Bonchev–Trinajstić information content (AvgIpc) is 2.58. The van der Waals surface area contributed by atoms with E-state index >= 15 is 0 Å². The first-order chi connectivity index (χ1) is 10.7. The molecular weight excluding hydrogens is 288 g/mol. The van der Waals surface area contributed by atoms with E-state index in [0.717, 1.165) is 5.56 Å². The first kappa shape index (κ1) is 14.9. The van der Waals surface area contributed by atoms with Crippen LogP contribution in [-0.4, -0.2) is 31.3 Å². The van der Waals surface area contributed by atoms with Crippen LogP contribution in [0.5, 0.6) is 0 Å². The first-order valence-corrected chi connectivity index (χ1v) is 7.16. The van der Waals surface area contributed by atoms with E-state index in [4.69, 9.17) is 10.5 Å². The molecule has 0 radical (unpaired) electrons. The van der Waals surface area contributed by atoms with Crippen LogP contribution in [0.25, 0.3) is 11.3 Å². The summed E-state index contributed by atoms with van der Waals surface area (Å²) in [4.78, 5) is 6.06. The quantitative estimate of drug-likeness (QED) is 0.945. The Morgan fingerprint density at radius 1 is 1.18 bits per heavy atom. The average molecular weight is 305 g/mol. The predicted octanol–water partition coefficient (Wildman–Crippen LogP) is 2.32. The van der Waals surface area contributed by atoms with E-state index in [9.17, 15) is 8.78 Å². The van der Waals surface area contributed by atoms with Crippen molar-refractivity contribution in [2.45, 2.75) is 6.54 Å². The lowest BCUT2D eigenvalue weighted by molar-refractivity contribution is 0.122. The van der Waals surface area contributed by atoms with Crippen molar-refractivity contribution < 1.29 is 13.5 Å². The van der Waals surface area contributed by atoms with E-state index in [-0.39, 0.29) is 5.69 Å². The molecule has 0 saturated carbocycles. The topological polar surface area (TPSA) is 51.4 Å². The number of hydrogen-bond donors (Lipinski definition) is 1. The van der Waals surface area contributed by atoms with Gasteiger partial charge >= 0.3 is 0 Å². The van der Waals surface area contributed by atoms with E-state index in [1.54, 1.807) is 23.2 Å². The highest BCUT2D eigenvalue weighted by Crippen LogP contribution is 2.29. The van der Waals surface area contributed by atoms with Crippen molar-refractivity contribution in [3.63, 3.8) is 0 Å². The van der Waals surface area contributed by atoms with Gasteiger partial charge in [0.05, 0.1) is 24.6 Å². The van der Waals surface area contributed by atoms with Gasteiger partial charge in [-0.15, -0.1) is 0 Å². The summed E-state index contributed by atoms with van der Waals surface area (Å²) < 4.78 is 33.3. The number of ether oxygens (including phenoxy) is 1. The lowest BCUT2D eigenvalue weighted by Gasteiger charge is -2.29. The SMILES string of the molecule is NCc1ccc(-c2cc(F)c(F)c(N3CCOCC3)c2)nc1. The van der Waals surface area contributed by atoms with Crippen LogP contribution in [0.2, 0.25) is 0 Å². The number of nitrogens with zero attached hydrogens (tertiary/aromatic N) is 2. The zero-order chi connectivity index (χ0) is 15.5. The standard InChI is InChI=1S/C16H17F2N3O/c17-13-7-12(14-2-1-11(9-19)10-20-14)8-15(16(13)18)21-3-5-22-6-4-21/h1-2,7-8,10H,3-6,9,19H2. The maximum Gasteiger partial charge on any atom is 0.182 e. The van der Waals surface area contributed by atoms with Crippen molar-refractivity contribution >= 4 is 5.69 Å². The predicted molar refractivity (Wildman–Crippen MR) is 80.5 cm³/mol. The third-order valence-electron chi connectivity index (χ3n) is 3.72. The molecule has 1 saturated heterocycles. The summed E-state index contributed by atoms with van der Waals surface area (Å²) in [7, 11) is 0. The molecule has 2 aromatic rings. The highest BCUT2D eigenvalue weighted by atomic mass is 19.2. The van der Waals surface area contributed by atoms with Gasteiger partial charge in [-0.1, -0.05) is 6.07 Å². The third kappa shape index (κ3) is 2.93. The molecule has 0 bridgehead atoms. The Bertz CT molecular complexity index is 655. The van der Waals surface area contributed by atoms with Crippen LogP contribution in [0.15, 0.2) is 30.5 Å². The van der Waals surface area contributed by atoms with Crippen LogP contribution in [0.1, 0.15) is 5.56 Å². The van der Waals surface area contributed by atoms with Crippen LogP contribution >= 0.6 is 0 Å². The highest BCUT2D eigenvalue weighted by Gasteiger charge is 2.19. The Balaban J connectivity index is 1.99. The van der Waals surface area contributed by atoms with Crippen molar-refractivity contribution in [1.29, 1.82) is 0 Å². The van der Waals surface area contributed by atoms with Gasteiger partial charge in [0, 0.05) is 31.4 Å². The van der Waals surface area contributed by atoms with Gasteiger partial charge in [0.25, 0.3) is 0 Å². The minimum Gasteiger partial charge on any atom is -0.378 e. The van der Waals surface area contributed by atoms with E-state index in [0.29, 0.717) is 44.1 Å². The molecule has 6 heteroatoms. The number of hydrogen-bond acceptors (Lipinski definition) is 4. The maximum absolute atomic E-state index is 14.1. The molecule has 0 aliphatic carbocycles. The van der Waals surface area contributed by atoms with Crippen molar-refractivity contribution in [3.05, 3.63) is 47.7 Å². The summed E-state index contributed by atoms with van der Waals surface area (Å²) in [6.07, 6.45) is 1.64. The molecule has 0 atom stereocenters. The Morgan fingerprint density at radius 2 is 1.95 bits per heavy atom. The minimum absolute atomic E-state index is 0.253. The zero-order valence-corrected chi connectivity index (χ0v) is 12.1. The van der Waals surface area contributed by atoms with Crippen LogP contribution in [-0.2, 0) is 11.3 Å². The van der Waals surface area contributed by atoms with Gasteiger partial charge in [0.2, 0.25) is 0 Å². The van der Waals surface area contributed by atoms with E-state index in [1.807, 2.05) is 6.07 Å². The summed E-state index contributed by atoms with van der Waals surface area (Å²) in [5.74, 6) is -1.70. The number of benzene rings is 1. The van der Waals surface area contributed by atoms with Gasteiger partial charge in [0.1, 0.15) is 0 Å². The molecule has 1 aliphatic rings. The summed E-state index contributed by atoms with van der Waals surface area (Å²) in [5.41, 5.74) is 7.81. The van der Waals surface area contributed by atoms with Gasteiger partial charge in [0.15, 0.2) is 11.6 Å². The molecule has 1 aromatic carbocycles. The number of halogens is 2. The van der Waals surface area contributed by atoms with Gasteiger partial charge in [-0.05, 0) is 23.8 Å². The Morgan fingerprint density at radius 3 is 2.59 bits per heavy atom. The molecule has 22 heavy (non-hydrogen) atoms. The van der Waals surface area contributed by atoms with Crippen LogP contribution in [0.4, 0.5) is 14.5 Å². The fourth-order valence-corrected chi connectivity index (χ4v) is 2.47. The van der Waals surface area contributed by atoms with Gasteiger partial charge in [-0.25, -0.2) is 8.78 Å². The number of nitrogens with two attached hydrogens (primary N) is 1. The fourth-order valence-electron chi connectivity index (χ4n) is 2.47. The number of aromatic nitrogens is 1. The summed E-state index contributed by atoms with van der Waals surface area (Å²) in [5, 5.41) is 0. The molecule has 1 aromatic heterocycles. The van der Waals surface area contributed by atoms with Crippen molar-refractivity contribution in [2.75, 3.05) is 31.2 Å². The molecule has 0 amide bonds. The number of pyridine rings is 1. The summed E-state index contributed by atoms with van der Waals surface area (Å²) in [6, 6.07) is 6.40. The minimum atomic E-state index is -0.872. The van der Waals surface area contributed by atoms with Crippen LogP contribution in [0, 0.1) is 11.6 Å². The van der Waals surface area contributed by atoms with Crippen molar-refractivity contribution in [1.82, 2.24) is 4.98 Å². The molecule has 0 spiro atoms. The smallest absolute Gasteiger partial charge is 0.182 e. The molecular formula is C16H17F2N3O. The van der Waals surface area contributed by atoms with Crippen LogP contribution < -0.4 is 10.6 Å². The fraction of sp³-hybridized carbons (Fsp3) is 0.312. The first-order valence-electron chi connectivity index (χ1n) is 7.16. The lowest BCUT2D eigenvalue weighted by Crippen LogP contribution is -2.36. The number of anilines is 1. The van der Waals surface area contributed by atoms with Gasteiger partial charge in [-0.3, -0.25) is 4.98 Å². The Kier molecular flexibility index (Phi) is 4.31. The molecule has 116 valence electrons. The van der Waals surface area contributed by atoms with Gasteiger partial charge in [-0.2, -0.15) is 0 Å². The number of morpholine rings is 1. The molecule has 1 fully saturated rings. The Hall–Kier alpha value is -2.05. The largest absolute Gasteiger partial charge is 0.378 e. The summed E-state index contributed by atoms with van der Waals surface area (Å²) >= 11 is 0. The lowest BCUT2D eigenvalue weighted by atomic mass is 10.1. The molecule has 2 N–H and O–H groups in total. The second kappa shape index (κ2) is 6.37. The second-order valence-corrected chi connectivity index (χ2v) is 5.15. The van der Waals surface area contributed by atoms with E-state index in [1.165, 1.54) is 6.07 Å².